The summed E-state index contributed by atoms with van der Waals surface area (Å²) < 4.78 is 30.1. The highest BCUT2D eigenvalue weighted by Crippen LogP contribution is 2.30. The van der Waals surface area contributed by atoms with Crippen molar-refractivity contribution >= 4 is 11.7 Å². The van der Waals surface area contributed by atoms with Gasteiger partial charge in [0, 0.05) is 31.5 Å². The number of carbonyl (C=O) groups is 1. The van der Waals surface area contributed by atoms with Crippen LogP contribution in [0.3, 0.4) is 0 Å². The minimum absolute atomic E-state index is 0.0805. The summed E-state index contributed by atoms with van der Waals surface area (Å²) in [6, 6.07) is 8.59. The van der Waals surface area contributed by atoms with Crippen LogP contribution in [0.25, 0.3) is 0 Å². The van der Waals surface area contributed by atoms with E-state index in [-0.39, 0.29) is 41.0 Å². The van der Waals surface area contributed by atoms with Crippen molar-refractivity contribution in [3.05, 3.63) is 60.1 Å². The molecule has 160 valence electrons. The lowest BCUT2D eigenvalue weighted by Gasteiger charge is -2.15. The maximum atomic E-state index is 14.0. The van der Waals surface area contributed by atoms with Gasteiger partial charge in [-0.2, -0.15) is 0 Å². The van der Waals surface area contributed by atoms with Gasteiger partial charge in [-0.05, 0) is 31.2 Å². The van der Waals surface area contributed by atoms with Gasteiger partial charge in [0.1, 0.15) is 23.4 Å². The van der Waals surface area contributed by atoms with Crippen molar-refractivity contribution in [2.24, 2.45) is 0 Å². The van der Waals surface area contributed by atoms with E-state index in [9.17, 15) is 14.3 Å². The van der Waals surface area contributed by atoms with Crippen LogP contribution in [0.15, 0.2) is 48.7 Å². The molecule has 0 radical (unpaired) electrons. The van der Waals surface area contributed by atoms with Crippen LogP contribution in [0.4, 0.5) is 4.39 Å². The third-order valence-corrected chi connectivity index (χ3v) is 3.78. The fourth-order valence-electron chi connectivity index (χ4n) is 2.36. The second-order valence-electron chi connectivity index (χ2n) is 6.23. The second kappa shape index (κ2) is 10.8. The molecule has 0 saturated carbocycles. The maximum Gasteiger partial charge on any atom is 0.339 e. The molecule has 0 aliphatic rings. The molecule has 2 aromatic rings. The van der Waals surface area contributed by atoms with Crippen LogP contribution in [0, 0.1) is 5.82 Å². The van der Waals surface area contributed by atoms with Crippen LogP contribution >= 0.6 is 0 Å². The highest BCUT2D eigenvalue weighted by atomic mass is 19.1. The van der Waals surface area contributed by atoms with E-state index in [4.69, 9.17) is 19.6 Å². The van der Waals surface area contributed by atoms with Crippen molar-refractivity contribution in [1.82, 2.24) is 10.6 Å². The van der Waals surface area contributed by atoms with E-state index in [1.165, 1.54) is 43.5 Å². The predicted octanol–water partition coefficient (Wildman–Crippen LogP) is 1.01. The molecule has 30 heavy (non-hydrogen) atoms. The molecule has 1 amide bonds. The molecule has 0 aliphatic carbocycles. The van der Waals surface area contributed by atoms with Gasteiger partial charge in [-0.25, -0.2) is 14.5 Å². The number of aliphatic hydroxyl groups is 1. The lowest BCUT2D eigenvalue weighted by atomic mass is 10.1. The van der Waals surface area contributed by atoms with E-state index in [1.54, 1.807) is 20.2 Å². The number of aliphatic hydroxyl groups excluding tert-OH is 1. The van der Waals surface area contributed by atoms with E-state index in [0.29, 0.717) is 0 Å². The van der Waals surface area contributed by atoms with Crippen molar-refractivity contribution < 1.29 is 33.9 Å². The standard InChI is InChI=1S/C21H24FN3O5/c1-13(12-26)29-16-8-14(21(27)25-20(23)6-7-24-2)9-17(10-16)30-15-4-5-19(28-3)18(22)11-15/h4-11,13,24,26H,12H2,1-3H3,(H2,23,25,27)/p+1/b7-6-. The number of amidine groups is 1. The molecule has 5 N–H and O–H groups in total. The molecule has 0 heterocycles. The molecule has 2 aromatic carbocycles. The molecule has 0 fully saturated rings. The normalized spacial score (nSPS) is 11.6. The summed E-state index contributed by atoms with van der Waals surface area (Å²) in [7, 11) is 3.06. The van der Waals surface area contributed by atoms with Crippen molar-refractivity contribution in [1.29, 1.82) is 0 Å². The molecular weight excluding hydrogens is 393 g/mol. The van der Waals surface area contributed by atoms with Crippen molar-refractivity contribution in [2.75, 3.05) is 20.8 Å². The van der Waals surface area contributed by atoms with Crippen LogP contribution in [0.1, 0.15) is 17.3 Å². The summed E-state index contributed by atoms with van der Waals surface area (Å²) >= 11 is 0. The number of methoxy groups -OCH3 is 1. The summed E-state index contributed by atoms with van der Waals surface area (Å²) in [5.41, 5.74) is 0.197. The lowest BCUT2D eigenvalue weighted by molar-refractivity contribution is -0.115. The summed E-state index contributed by atoms with van der Waals surface area (Å²) in [5.74, 6) is -0.153. The van der Waals surface area contributed by atoms with Gasteiger partial charge in [0.05, 0.1) is 19.3 Å². The van der Waals surface area contributed by atoms with Crippen LogP contribution in [-0.2, 0) is 0 Å². The topological polar surface area (TPSA) is 115 Å². The zero-order chi connectivity index (χ0) is 22.1. The summed E-state index contributed by atoms with van der Waals surface area (Å²) in [5, 5.41) is 20.3. The quantitative estimate of drug-likeness (QED) is 0.357. The van der Waals surface area contributed by atoms with E-state index >= 15 is 0 Å². The zero-order valence-electron chi connectivity index (χ0n) is 16.9. The molecule has 0 spiro atoms. The number of amides is 1. The highest BCUT2D eigenvalue weighted by molar-refractivity contribution is 6.08. The Morgan fingerprint density at radius 1 is 1.23 bits per heavy atom. The first-order chi connectivity index (χ1) is 14.4. The molecule has 8 nitrogen and oxygen atoms in total. The molecule has 2 rings (SSSR count). The molecule has 1 unspecified atom stereocenters. The smallest absolute Gasteiger partial charge is 0.339 e. The van der Waals surface area contributed by atoms with E-state index in [2.05, 4.69) is 10.6 Å². The third kappa shape index (κ3) is 6.49. The van der Waals surface area contributed by atoms with Gasteiger partial charge in [0.25, 0.3) is 5.84 Å². The van der Waals surface area contributed by atoms with Gasteiger partial charge in [-0.15, -0.1) is 0 Å². The molecule has 0 aliphatic heterocycles. The van der Waals surface area contributed by atoms with Gasteiger partial charge in [-0.1, -0.05) is 0 Å². The van der Waals surface area contributed by atoms with Gasteiger partial charge >= 0.3 is 5.91 Å². The molecular formula is C21H25FN3O5+. The Bertz CT molecular complexity index is 933. The van der Waals surface area contributed by atoms with Crippen LogP contribution in [-0.4, -0.2) is 43.7 Å². The third-order valence-electron chi connectivity index (χ3n) is 3.78. The number of hydrogen-bond acceptors (Lipinski definition) is 6. The first-order valence-electron chi connectivity index (χ1n) is 9.07. The van der Waals surface area contributed by atoms with Crippen molar-refractivity contribution in [2.45, 2.75) is 13.0 Å². The summed E-state index contributed by atoms with van der Waals surface area (Å²) in [6.45, 7) is 1.45. The van der Waals surface area contributed by atoms with Gasteiger partial charge in [0.2, 0.25) is 0 Å². The van der Waals surface area contributed by atoms with Crippen LogP contribution < -0.4 is 30.3 Å². The van der Waals surface area contributed by atoms with Gasteiger partial charge in [-0.3, -0.25) is 5.41 Å². The Labute approximate surface area is 173 Å². The molecule has 0 saturated heterocycles. The Balaban J connectivity index is 2.32. The molecule has 1 atom stereocenters. The SMILES string of the molecule is CN/C=C\C(=[NH2+])NC(=O)c1cc(Oc2ccc(OC)c(F)c2)cc(OC(C)CO)c1. The number of nitrogens with two attached hydrogens (primary N) is 1. The predicted molar refractivity (Wildman–Crippen MR) is 109 cm³/mol. The molecule has 9 heteroatoms. The van der Waals surface area contributed by atoms with Crippen LogP contribution in [0.5, 0.6) is 23.0 Å². The summed E-state index contributed by atoms with van der Waals surface area (Å²) in [6.07, 6.45) is 2.54. The zero-order valence-corrected chi connectivity index (χ0v) is 16.9. The van der Waals surface area contributed by atoms with Crippen LogP contribution in [0.2, 0.25) is 0 Å². The number of hydrogen-bond donors (Lipinski definition) is 4. The Morgan fingerprint density at radius 2 is 1.97 bits per heavy atom. The first kappa shape index (κ1) is 22.7. The number of carbonyl (C=O) groups excluding carboxylic acids is 1. The fourth-order valence-corrected chi connectivity index (χ4v) is 2.36. The average molecular weight is 418 g/mol. The van der Waals surface area contributed by atoms with Crippen molar-refractivity contribution in [3.63, 3.8) is 0 Å². The Morgan fingerprint density at radius 3 is 2.60 bits per heavy atom. The van der Waals surface area contributed by atoms with E-state index in [1.807, 2.05) is 0 Å². The van der Waals surface area contributed by atoms with Gasteiger partial charge in [0.15, 0.2) is 11.6 Å². The fraction of sp³-hybridized carbons (Fsp3) is 0.238. The number of halogens is 1. The maximum absolute atomic E-state index is 14.0. The number of benzene rings is 2. The molecule has 0 aromatic heterocycles. The average Bonchev–Trinajstić information content (AvgIpc) is 2.72. The van der Waals surface area contributed by atoms with E-state index < -0.39 is 17.8 Å². The second-order valence-corrected chi connectivity index (χ2v) is 6.23. The number of nitrogens with one attached hydrogen (secondary N) is 2. The number of rotatable bonds is 9. The largest absolute Gasteiger partial charge is 0.494 e. The minimum Gasteiger partial charge on any atom is -0.494 e. The Kier molecular flexibility index (Phi) is 8.18. The van der Waals surface area contributed by atoms with Crippen molar-refractivity contribution in [3.8, 4) is 23.0 Å². The minimum atomic E-state index is -0.590. The summed E-state index contributed by atoms with van der Waals surface area (Å²) in [4.78, 5) is 12.6. The first-order valence-corrected chi connectivity index (χ1v) is 9.07. The lowest BCUT2D eigenvalue weighted by Crippen LogP contribution is -2.49. The monoisotopic (exact) mass is 418 g/mol. The van der Waals surface area contributed by atoms with Gasteiger partial charge < -0.3 is 24.6 Å². The Hall–Kier alpha value is -3.59. The van der Waals surface area contributed by atoms with E-state index in [0.717, 1.165) is 6.07 Å². The highest BCUT2D eigenvalue weighted by Gasteiger charge is 2.17. The molecule has 0 bridgehead atoms. The number of ether oxygens (including phenoxy) is 3.